The fraction of sp³-hybridized carbons (Fsp3) is 1.00. The van der Waals surface area contributed by atoms with E-state index in [2.05, 4.69) is 9.47 Å². The van der Waals surface area contributed by atoms with Crippen molar-refractivity contribution in [1.29, 1.82) is 0 Å². The van der Waals surface area contributed by atoms with Crippen LogP contribution in [0.2, 0.25) is 0 Å². The van der Waals surface area contributed by atoms with Crippen molar-refractivity contribution in [2.45, 2.75) is 39.3 Å². The third kappa shape index (κ3) is 12.5. The Balaban J connectivity index is 0. The summed E-state index contributed by atoms with van der Waals surface area (Å²) >= 11 is 0. The maximum absolute atomic E-state index is 8.44. The minimum atomic E-state index is -0.565. The average molecular weight is 180 g/mol. The maximum atomic E-state index is 8.44. The molecule has 2 unspecified atom stereocenters. The lowest BCUT2D eigenvalue weighted by molar-refractivity contribution is -0.0751. The molecular formula is C8H20O4. The van der Waals surface area contributed by atoms with Crippen LogP contribution in [0.3, 0.4) is 0 Å². The van der Waals surface area contributed by atoms with Gasteiger partial charge in [-0.05, 0) is 12.8 Å². The van der Waals surface area contributed by atoms with Gasteiger partial charge in [0.15, 0.2) is 12.6 Å². The highest BCUT2D eigenvalue weighted by Gasteiger charge is 1.90. The Kier molecular flexibility index (Phi) is 13.0. The zero-order valence-corrected chi connectivity index (χ0v) is 8.28. The molecule has 0 rings (SSSR count). The van der Waals surface area contributed by atoms with Crippen LogP contribution in [0.5, 0.6) is 0 Å². The van der Waals surface area contributed by atoms with Gasteiger partial charge >= 0.3 is 0 Å². The Bertz CT molecular complexity index is 59.5. The van der Waals surface area contributed by atoms with Crippen molar-refractivity contribution in [3.63, 3.8) is 0 Å². The molecule has 0 aromatic rings. The van der Waals surface area contributed by atoms with Gasteiger partial charge in [-0.3, -0.25) is 0 Å². The summed E-state index contributed by atoms with van der Waals surface area (Å²) in [6, 6.07) is 0. The molecule has 4 heteroatoms. The van der Waals surface area contributed by atoms with Gasteiger partial charge < -0.3 is 19.7 Å². The molecule has 0 fully saturated rings. The first-order valence-corrected chi connectivity index (χ1v) is 4.04. The molecule has 0 radical (unpaired) electrons. The molecule has 0 aliphatic carbocycles. The lowest BCUT2D eigenvalue weighted by Gasteiger charge is -2.00. The molecule has 0 saturated heterocycles. The highest BCUT2D eigenvalue weighted by molar-refractivity contribution is 4.27. The van der Waals surface area contributed by atoms with E-state index >= 15 is 0 Å². The summed E-state index contributed by atoms with van der Waals surface area (Å²) in [5, 5.41) is 16.9. The normalized spacial score (nSPS) is 14.5. The van der Waals surface area contributed by atoms with E-state index in [0.29, 0.717) is 12.8 Å². The number of aliphatic hydroxyl groups excluding tert-OH is 2. The lowest BCUT2D eigenvalue weighted by Crippen LogP contribution is -2.05. The fourth-order valence-electron chi connectivity index (χ4n) is 0.333. The lowest BCUT2D eigenvalue weighted by atomic mass is 10.5. The number of hydrogen-bond donors (Lipinski definition) is 2. The van der Waals surface area contributed by atoms with Gasteiger partial charge in [0.05, 0.1) is 0 Å². The largest absolute Gasteiger partial charge is 0.368 e. The van der Waals surface area contributed by atoms with E-state index < -0.39 is 12.6 Å². The van der Waals surface area contributed by atoms with Crippen molar-refractivity contribution < 1.29 is 19.7 Å². The van der Waals surface area contributed by atoms with Gasteiger partial charge in [0, 0.05) is 14.2 Å². The van der Waals surface area contributed by atoms with Crippen molar-refractivity contribution in [3.8, 4) is 0 Å². The zero-order valence-electron chi connectivity index (χ0n) is 8.28. The average Bonchev–Trinajstić information content (AvgIpc) is 2.16. The van der Waals surface area contributed by atoms with Crippen LogP contribution in [-0.4, -0.2) is 37.0 Å². The molecule has 2 N–H and O–H groups in total. The van der Waals surface area contributed by atoms with Gasteiger partial charge in [0.2, 0.25) is 0 Å². The monoisotopic (exact) mass is 180 g/mol. The van der Waals surface area contributed by atoms with E-state index in [9.17, 15) is 0 Å². The molecule has 12 heavy (non-hydrogen) atoms. The molecule has 2 atom stereocenters. The number of aliphatic hydroxyl groups is 2. The molecule has 0 heterocycles. The molecule has 0 amide bonds. The molecule has 0 aromatic carbocycles. The summed E-state index contributed by atoms with van der Waals surface area (Å²) < 4.78 is 8.91. The highest BCUT2D eigenvalue weighted by Crippen LogP contribution is 1.86. The van der Waals surface area contributed by atoms with Crippen LogP contribution in [0.15, 0.2) is 0 Å². The standard InChI is InChI=1S/2C4H10O2/c2*1-3-4(5)6-2/h2*4-5H,3H2,1-2H3. The first kappa shape index (κ1) is 14.4. The van der Waals surface area contributed by atoms with E-state index in [0.717, 1.165) is 0 Å². The zero-order chi connectivity index (χ0) is 9.98. The Labute approximate surface area is 74.1 Å². The van der Waals surface area contributed by atoms with E-state index in [-0.39, 0.29) is 0 Å². The third-order valence-corrected chi connectivity index (χ3v) is 1.24. The van der Waals surface area contributed by atoms with Crippen molar-refractivity contribution in [1.82, 2.24) is 0 Å². The van der Waals surface area contributed by atoms with E-state index in [1.54, 1.807) is 0 Å². The third-order valence-electron chi connectivity index (χ3n) is 1.24. The van der Waals surface area contributed by atoms with Gasteiger partial charge in [0.25, 0.3) is 0 Å². The molecule has 0 spiro atoms. The number of rotatable bonds is 4. The van der Waals surface area contributed by atoms with Crippen LogP contribution in [0.4, 0.5) is 0 Å². The number of ether oxygens (including phenoxy) is 2. The number of hydrogen-bond acceptors (Lipinski definition) is 4. The molecule has 0 saturated carbocycles. The Morgan fingerprint density at radius 1 is 0.917 bits per heavy atom. The Morgan fingerprint density at radius 3 is 1.17 bits per heavy atom. The summed E-state index contributed by atoms with van der Waals surface area (Å²) in [4.78, 5) is 0. The molecular weight excluding hydrogens is 160 g/mol. The first-order chi connectivity index (χ1) is 5.62. The van der Waals surface area contributed by atoms with Gasteiger partial charge in [-0.25, -0.2) is 0 Å². The maximum Gasteiger partial charge on any atom is 0.153 e. The van der Waals surface area contributed by atoms with Crippen molar-refractivity contribution >= 4 is 0 Å². The minimum absolute atomic E-state index is 0.565. The first-order valence-electron chi connectivity index (χ1n) is 4.04. The van der Waals surface area contributed by atoms with E-state index in [1.165, 1.54) is 14.2 Å². The molecule has 0 aliphatic heterocycles. The molecule has 0 aromatic heterocycles. The molecule has 4 nitrogen and oxygen atoms in total. The van der Waals surface area contributed by atoms with Crippen LogP contribution in [0.25, 0.3) is 0 Å². The van der Waals surface area contributed by atoms with Gasteiger partial charge in [0.1, 0.15) is 0 Å². The SMILES string of the molecule is CCC(O)OC.CCC(O)OC. The summed E-state index contributed by atoms with van der Waals surface area (Å²) in [5.41, 5.74) is 0. The second kappa shape index (κ2) is 10.8. The quantitative estimate of drug-likeness (QED) is 0.626. The van der Waals surface area contributed by atoms with Crippen LogP contribution in [0.1, 0.15) is 26.7 Å². The second-order valence-corrected chi connectivity index (χ2v) is 2.20. The van der Waals surface area contributed by atoms with Crippen LogP contribution < -0.4 is 0 Å². The highest BCUT2D eigenvalue weighted by atomic mass is 16.6. The topological polar surface area (TPSA) is 58.9 Å². The van der Waals surface area contributed by atoms with Crippen LogP contribution in [0, 0.1) is 0 Å². The predicted molar refractivity (Wildman–Crippen MR) is 46.6 cm³/mol. The van der Waals surface area contributed by atoms with Crippen molar-refractivity contribution in [2.75, 3.05) is 14.2 Å². The van der Waals surface area contributed by atoms with Crippen molar-refractivity contribution in [3.05, 3.63) is 0 Å². The van der Waals surface area contributed by atoms with Crippen molar-refractivity contribution in [2.24, 2.45) is 0 Å². The minimum Gasteiger partial charge on any atom is -0.368 e. The smallest absolute Gasteiger partial charge is 0.153 e. The summed E-state index contributed by atoms with van der Waals surface area (Å²) in [6.07, 6.45) is 0.197. The second-order valence-electron chi connectivity index (χ2n) is 2.20. The van der Waals surface area contributed by atoms with Crippen LogP contribution in [-0.2, 0) is 9.47 Å². The predicted octanol–water partition coefficient (Wildman–Crippen LogP) is 0.722. The van der Waals surface area contributed by atoms with E-state index in [1.807, 2.05) is 13.8 Å². The van der Waals surface area contributed by atoms with Gasteiger partial charge in [-0.1, -0.05) is 13.8 Å². The fourth-order valence-corrected chi connectivity index (χ4v) is 0.333. The summed E-state index contributed by atoms with van der Waals surface area (Å²) in [5.74, 6) is 0. The van der Waals surface area contributed by atoms with Crippen LogP contribution >= 0.6 is 0 Å². The molecule has 76 valence electrons. The van der Waals surface area contributed by atoms with E-state index in [4.69, 9.17) is 10.2 Å². The Hall–Kier alpha value is -0.160. The number of methoxy groups -OCH3 is 2. The Morgan fingerprint density at radius 2 is 1.17 bits per heavy atom. The summed E-state index contributed by atoms with van der Waals surface area (Å²) in [6.45, 7) is 3.71. The molecule has 0 bridgehead atoms. The van der Waals surface area contributed by atoms with Gasteiger partial charge in [-0.2, -0.15) is 0 Å². The summed E-state index contributed by atoms with van der Waals surface area (Å²) in [7, 11) is 2.96. The van der Waals surface area contributed by atoms with Gasteiger partial charge in [-0.15, -0.1) is 0 Å². The molecule has 0 aliphatic rings.